The van der Waals surface area contributed by atoms with E-state index in [1.165, 1.54) is 29.9 Å². The SMILES string of the molecule is CC1CCc2c(sc(NC(=O)C(C)OC(=O)c3c(-c4ccc(Cl)cc4)c4ccccc4c(=O)n3C)c2C#N)C1. The molecule has 0 saturated carbocycles. The Kier molecular flexibility index (Phi) is 7.30. The van der Waals surface area contributed by atoms with Crippen LogP contribution in [0, 0.1) is 17.2 Å². The van der Waals surface area contributed by atoms with E-state index in [4.69, 9.17) is 16.3 Å². The number of aromatic nitrogens is 1. The number of hydrogen-bond donors (Lipinski definition) is 1. The van der Waals surface area contributed by atoms with Crippen molar-refractivity contribution in [3.8, 4) is 17.2 Å². The van der Waals surface area contributed by atoms with Crippen molar-refractivity contribution in [2.45, 2.75) is 39.2 Å². The summed E-state index contributed by atoms with van der Waals surface area (Å²) < 4.78 is 6.87. The number of hydrogen-bond acceptors (Lipinski definition) is 6. The zero-order chi connectivity index (χ0) is 27.8. The molecule has 0 bridgehead atoms. The van der Waals surface area contributed by atoms with Crippen molar-refractivity contribution in [1.82, 2.24) is 4.57 Å². The number of esters is 1. The fourth-order valence-electron chi connectivity index (χ4n) is 5.05. The molecule has 1 aliphatic carbocycles. The average Bonchev–Trinajstić information content (AvgIpc) is 3.26. The molecule has 0 saturated heterocycles. The summed E-state index contributed by atoms with van der Waals surface area (Å²) in [6.45, 7) is 3.64. The van der Waals surface area contributed by atoms with Gasteiger partial charge in [-0.25, -0.2) is 4.79 Å². The molecular weight excluding hydrogens is 534 g/mol. The van der Waals surface area contributed by atoms with Gasteiger partial charge >= 0.3 is 5.97 Å². The molecule has 2 unspecified atom stereocenters. The zero-order valence-electron chi connectivity index (χ0n) is 21.7. The van der Waals surface area contributed by atoms with Gasteiger partial charge in [0, 0.05) is 27.9 Å². The molecule has 2 heterocycles. The number of halogens is 1. The summed E-state index contributed by atoms with van der Waals surface area (Å²) in [4.78, 5) is 41.0. The van der Waals surface area contributed by atoms with Crippen LogP contribution in [0.4, 0.5) is 5.00 Å². The van der Waals surface area contributed by atoms with E-state index in [-0.39, 0.29) is 11.3 Å². The normalized spacial score (nSPS) is 15.3. The van der Waals surface area contributed by atoms with Gasteiger partial charge in [0.1, 0.15) is 16.8 Å². The largest absolute Gasteiger partial charge is 0.448 e. The third kappa shape index (κ3) is 4.96. The van der Waals surface area contributed by atoms with E-state index in [0.717, 1.165) is 29.7 Å². The lowest BCUT2D eigenvalue weighted by Crippen LogP contribution is -2.32. The molecule has 39 heavy (non-hydrogen) atoms. The molecule has 2 atom stereocenters. The van der Waals surface area contributed by atoms with Gasteiger partial charge in [0.25, 0.3) is 11.5 Å². The Labute approximate surface area is 234 Å². The lowest BCUT2D eigenvalue weighted by Gasteiger charge is -2.19. The van der Waals surface area contributed by atoms with E-state index in [1.54, 1.807) is 48.5 Å². The number of fused-ring (bicyclic) bond motifs is 2. The van der Waals surface area contributed by atoms with Crippen LogP contribution in [0.2, 0.25) is 5.02 Å². The van der Waals surface area contributed by atoms with Crippen LogP contribution < -0.4 is 10.9 Å². The molecule has 0 aliphatic heterocycles. The Morgan fingerprint density at radius 3 is 2.56 bits per heavy atom. The van der Waals surface area contributed by atoms with Crippen LogP contribution in [0.15, 0.2) is 53.3 Å². The first-order valence-corrected chi connectivity index (χ1v) is 13.8. The highest BCUT2D eigenvalue weighted by atomic mass is 35.5. The minimum Gasteiger partial charge on any atom is -0.448 e. The number of carbonyl (C=O) groups is 2. The predicted molar refractivity (Wildman–Crippen MR) is 153 cm³/mol. The molecule has 9 heteroatoms. The summed E-state index contributed by atoms with van der Waals surface area (Å²) in [6.07, 6.45) is 1.50. The van der Waals surface area contributed by atoms with Crippen LogP contribution in [0.1, 0.15) is 46.8 Å². The van der Waals surface area contributed by atoms with Gasteiger partial charge < -0.3 is 14.6 Å². The molecule has 1 amide bonds. The van der Waals surface area contributed by atoms with Crippen molar-refractivity contribution in [2.24, 2.45) is 13.0 Å². The highest BCUT2D eigenvalue weighted by Gasteiger charge is 2.29. The smallest absolute Gasteiger partial charge is 0.356 e. The van der Waals surface area contributed by atoms with Crippen molar-refractivity contribution < 1.29 is 14.3 Å². The van der Waals surface area contributed by atoms with Gasteiger partial charge in [0.05, 0.1) is 5.56 Å². The van der Waals surface area contributed by atoms with E-state index in [0.29, 0.717) is 43.4 Å². The second kappa shape index (κ2) is 10.7. The quantitative estimate of drug-likeness (QED) is 0.298. The van der Waals surface area contributed by atoms with E-state index in [2.05, 4.69) is 18.3 Å². The second-order valence-corrected chi connectivity index (χ2v) is 11.4. The number of anilines is 1. The molecule has 0 radical (unpaired) electrons. The van der Waals surface area contributed by atoms with Crippen molar-refractivity contribution >= 4 is 50.6 Å². The molecule has 1 aliphatic rings. The topological polar surface area (TPSA) is 101 Å². The number of nitrogens with zero attached hydrogens (tertiary/aromatic N) is 2. The Morgan fingerprint density at radius 1 is 1.18 bits per heavy atom. The van der Waals surface area contributed by atoms with Crippen LogP contribution in [-0.4, -0.2) is 22.5 Å². The Bertz CT molecular complexity index is 1720. The fourth-order valence-corrected chi connectivity index (χ4v) is 6.54. The molecular formula is C30H26ClN3O4S. The van der Waals surface area contributed by atoms with Crippen LogP contribution in [-0.2, 0) is 29.4 Å². The van der Waals surface area contributed by atoms with Gasteiger partial charge in [-0.05, 0) is 66.8 Å². The van der Waals surface area contributed by atoms with Crippen LogP contribution in [0.3, 0.4) is 0 Å². The van der Waals surface area contributed by atoms with E-state index in [9.17, 15) is 19.6 Å². The summed E-state index contributed by atoms with van der Waals surface area (Å²) >= 11 is 7.50. The van der Waals surface area contributed by atoms with Gasteiger partial charge in [-0.3, -0.25) is 9.59 Å². The Balaban J connectivity index is 1.47. The lowest BCUT2D eigenvalue weighted by molar-refractivity contribution is -0.123. The Morgan fingerprint density at radius 2 is 1.87 bits per heavy atom. The summed E-state index contributed by atoms with van der Waals surface area (Å²) in [7, 11) is 1.51. The number of nitriles is 1. The van der Waals surface area contributed by atoms with E-state index >= 15 is 0 Å². The maximum Gasteiger partial charge on any atom is 0.356 e. The highest BCUT2D eigenvalue weighted by Crippen LogP contribution is 2.39. The first kappa shape index (κ1) is 26.7. The predicted octanol–water partition coefficient (Wildman–Crippen LogP) is 6.10. The van der Waals surface area contributed by atoms with Gasteiger partial charge in [-0.15, -0.1) is 11.3 Å². The van der Waals surface area contributed by atoms with Gasteiger partial charge in [0.2, 0.25) is 0 Å². The number of benzene rings is 2. The first-order chi connectivity index (χ1) is 18.7. The first-order valence-electron chi connectivity index (χ1n) is 12.6. The summed E-state index contributed by atoms with van der Waals surface area (Å²) in [5.74, 6) is -0.840. The van der Waals surface area contributed by atoms with Crippen molar-refractivity contribution in [3.05, 3.63) is 85.6 Å². The molecule has 1 N–H and O–H groups in total. The monoisotopic (exact) mass is 559 g/mol. The standard InChI is InChI=1S/C30H26ClN3O4S/c1-16-8-13-20-23(15-32)28(39-24(20)14-16)33-27(35)17(2)38-30(37)26-25(18-9-11-19(31)12-10-18)21-6-4-5-7-22(21)29(36)34(26)3/h4-7,9-12,16-17H,8,13-14H2,1-3H3,(H,33,35). The minimum atomic E-state index is -1.18. The van der Waals surface area contributed by atoms with Crippen LogP contribution in [0.25, 0.3) is 21.9 Å². The molecule has 4 aromatic rings. The van der Waals surface area contributed by atoms with Crippen molar-refractivity contribution in [1.29, 1.82) is 5.26 Å². The average molecular weight is 560 g/mol. The number of amides is 1. The number of nitrogens with one attached hydrogen (secondary N) is 1. The summed E-state index contributed by atoms with van der Waals surface area (Å²) in [6, 6.07) is 16.2. The highest BCUT2D eigenvalue weighted by molar-refractivity contribution is 7.16. The molecule has 0 spiro atoms. The number of carbonyl (C=O) groups excluding carboxylic acids is 2. The molecule has 2 aromatic carbocycles. The fraction of sp³-hybridized carbons (Fsp3) is 0.267. The molecule has 7 nitrogen and oxygen atoms in total. The van der Waals surface area contributed by atoms with Crippen LogP contribution in [0.5, 0.6) is 0 Å². The molecule has 2 aromatic heterocycles. The minimum absolute atomic E-state index is 0.0268. The summed E-state index contributed by atoms with van der Waals surface area (Å²) in [5, 5.41) is 14.6. The van der Waals surface area contributed by atoms with Gasteiger partial charge in [-0.1, -0.05) is 48.9 Å². The maximum atomic E-state index is 13.6. The number of thiophene rings is 1. The molecule has 0 fully saturated rings. The van der Waals surface area contributed by atoms with Crippen LogP contribution >= 0.6 is 22.9 Å². The summed E-state index contributed by atoms with van der Waals surface area (Å²) in [5.41, 5.74) is 2.33. The maximum absolute atomic E-state index is 13.6. The second-order valence-electron chi connectivity index (χ2n) is 9.84. The number of pyridine rings is 1. The van der Waals surface area contributed by atoms with Gasteiger partial charge in [0.15, 0.2) is 6.10 Å². The Hall–Kier alpha value is -3.93. The zero-order valence-corrected chi connectivity index (χ0v) is 23.3. The molecule has 5 rings (SSSR count). The number of rotatable bonds is 5. The van der Waals surface area contributed by atoms with E-state index in [1.807, 2.05) is 0 Å². The third-order valence-corrected chi connectivity index (χ3v) is 8.56. The van der Waals surface area contributed by atoms with E-state index < -0.39 is 18.0 Å². The van der Waals surface area contributed by atoms with Gasteiger partial charge in [-0.2, -0.15) is 5.26 Å². The third-order valence-electron chi connectivity index (χ3n) is 7.14. The number of ether oxygens (including phenoxy) is 1. The lowest BCUT2D eigenvalue weighted by atomic mass is 9.88. The van der Waals surface area contributed by atoms with Crippen molar-refractivity contribution in [2.75, 3.05) is 5.32 Å². The molecule has 198 valence electrons. The van der Waals surface area contributed by atoms with Crippen molar-refractivity contribution in [3.63, 3.8) is 0 Å².